The number of benzene rings is 2. The topological polar surface area (TPSA) is 49.3 Å². The maximum absolute atomic E-state index is 13.8. The van der Waals surface area contributed by atoms with Crippen molar-refractivity contribution in [1.29, 1.82) is 0 Å². The molecule has 0 fully saturated rings. The molecule has 108 valence electrons. The standard InChI is InChI=1S/C17H16FNO2/c1-10-6-7-14(18)13(8-10)17(21)19-16-12-5-3-2-4-11(12)9-15(16)20/h2-8,15-16,20H,9H2,1H3,(H,19,21). The first-order valence-electron chi connectivity index (χ1n) is 6.89. The predicted octanol–water partition coefficient (Wildman–Crippen LogP) is 2.52. The number of nitrogens with one attached hydrogen (secondary N) is 1. The second-order valence-electron chi connectivity index (χ2n) is 5.40. The zero-order valence-corrected chi connectivity index (χ0v) is 11.6. The molecule has 0 aliphatic heterocycles. The van der Waals surface area contributed by atoms with Crippen molar-refractivity contribution >= 4 is 5.91 Å². The number of halogens is 1. The van der Waals surface area contributed by atoms with Crippen LogP contribution in [0, 0.1) is 12.7 Å². The maximum atomic E-state index is 13.8. The zero-order chi connectivity index (χ0) is 15.0. The van der Waals surface area contributed by atoms with Gasteiger partial charge in [0.25, 0.3) is 5.91 Å². The zero-order valence-electron chi connectivity index (χ0n) is 11.6. The SMILES string of the molecule is Cc1ccc(F)c(C(=O)NC2c3ccccc3CC2O)c1. The van der Waals surface area contributed by atoms with Crippen LogP contribution < -0.4 is 5.32 Å². The van der Waals surface area contributed by atoms with E-state index in [0.717, 1.165) is 16.7 Å². The van der Waals surface area contributed by atoms with Gasteiger partial charge in [0.1, 0.15) is 5.82 Å². The van der Waals surface area contributed by atoms with Crippen molar-refractivity contribution in [3.8, 4) is 0 Å². The molecule has 1 aliphatic rings. The molecule has 0 heterocycles. The Labute approximate surface area is 122 Å². The van der Waals surface area contributed by atoms with Crippen LogP contribution >= 0.6 is 0 Å². The van der Waals surface area contributed by atoms with Crippen molar-refractivity contribution in [1.82, 2.24) is 5.32 Å². The molecule has 3 rings (SSSR count). The molecule has 0 saturated heterocycles. The number of aliphatic hydroxyl groups excluding tert-OH is 1. The Morgan fingerprint density at radius 1 is 1.29 bits per heavy atom. The fourth-order valence-electron chi connectivity index (χ4n) is 2.78. The highest BCUT2D eigenvalue weighted by Gasteiger charge is 2.32. The minimum Gasteiger partial charge on any atom is -0.390 e. The lowest BCUT2D eigenvalue weighted by Gasteiger charge is -2.18. The van der Waals surface area contributed by atoms with Crippen LogP contribution in [0.15, 0.2) is 42.5 Å². The molecule has 1 amide bonds. The summed E-state index contributed by atoms with van der Waals surface area (Å²) in [6.45, 7) is 1.80. The van der Waals surface area contributed by atoms with Crippen LogP contribution in [0.1, 0.15) is 33.1 Å². The first-order chi connectivity index (χ1) is 10.1. The third kappa shape index (κ3) is 2.54. The van der Waals surface area contributed by atoms with Gasteiger partial charge in [0, 0.05) is 6.42 Å². The van der Waals surface area contributed by atoms with Crippen molar-refractivity contribution in [2.45, 2.75) is 25.5 Å². The van der Waals surface area contributed by atoms with E-state index in [1.54, 1.807) is 13.0 Å². The number of amides is 1. The van der Waals surface area contributed by atoms with Gasteiger partial charge < -0.3 is 10.4 Å². The summed E-state index contributed by atoms with van der Waals surface area (Å²) in [7, 11) is 0. The minimum atomic E-state index is -0.681. The molecule has 2 atom stereocenters. The first kappa shape index (κ1) is 13.8. The first-order valence-corrected chi connectivity index (χ1v) is 6.89. The smallest absolute Gasteiger partial charge is 0.254 e. The number of hydrogen-bond donors (Lipinski definition) is 2. The van der Waals surface area contributed by atoms with Gasteiger partial charge in [-0.25, -0.2) is 4.39 Å². The fraction of sp³-hybridized carbons (Fsp3) is 0.235. The molecule has 2 aromatic carbocycles. The van der Waals surface area contributed by atoms with Gasteiger partial charge in [0.2, 0.25) is 0 Å². The molecule has 0 radical (unpaired) electrons. The third-order valence-electron chi connectivity index (χ3n) is 3.86. The Bertz CT molecular complexity index is 699. The number of aryl methyl sites for hydroxylation is 1. The summed E-state index contributed by atoms with van der Waals surface area (Å²) in [5.74, 6) is -1.06. The van der Waals surface area contributed by atoms with Crippen LogP contribution in [0.25, 0.3) is 0 Å². The number of hydrogen-bond acceptors (Lipinski definition) is 2. The van der Waals surface area contributed by atoms with Crippen molar-refractivity contribution in [3.05, 3.63) is 70.5 Å². The molecule has 1 aliphatic carbocycles. The highest BCUT2D eigenvalue weighted by atomic mass is 19.1. The van der Waals surface area contributed by atoms with Gasteiger partial charge >= 0.3 is 0 Å². The fourth-order valence-corrected chi connectivity index (χ4v) is 2.78. The van der Waals surface area contributed by atoms with Crippen molar-refractivity contribution in [2.24, 2.45) is 0 Å². The van der Waals surface area contributed by atoms with Gasteiger partial charge in [-0.15, -0.1) is 0 Å². The van der Waals surface area contributed by atoms with Crippen LogP contribution in [0.3, 0.4) is 0 Å². The molecule has 21 heavy (non-hydrogen) atoms. The normalized spacial score (nSPS) is 20.1. The Hall–Kier alpha value is -2.20. The number of aliphatic hydroxyl groups is 1. The number of carbonyl (C=O) groups excluding carboxylic acids is 1. The van der Waals surface area contributed by atoms with E-state index in [-0.39, 0.29) is 5.56 Å². The Morgan fingerprint density at radius 3 is 2.86 bits per heavy atom. The average Bonchev–Trinajstić information content (AvgIpc) is 2.78. The molecule has 0 bridgehead atoms. The van der Waals surface area contributed by atoms with E-state index in [4.69, 9.17) is 0 Å². The number of rotatable bonds is 2. The van der Waals surface area contributed by atoms with Crippen LogP contribution in [-0.2, 0) is 6.42 Å². The van der Waals surface area contributed by atoms with E-state index in [2.05, 4.69) is 5.32 Å². The molecular formula is C17H16FNO2. The highest BCUT2D eigenvalue weighted by molar-refractivity contribution is 5.95. The largest absolute Gasteiger partial charge is 0.390 e. The lowest BCUT2D eigenvalue weighted by Crippen LogP contribution is -2.34. The molecule has 2 N–H and O–H groups in total. The summed E-state index contributed by atoms with van der Waals surface area (Å²) in [6.07, 6.45) is -0.184. The molecule has 4 heteroatoms. The van der Waals surface area contributed by atoms with Crippen molar-refractivity contribution < 1.29 is 14.3 Å². The van der Waals surface area contributed by atoms with E-state index in [1.165, 1.54) is 12.1 Å². The van der Waals surface area contributed by atoms with Crippen molar-refractivity contribution in [2.75, 3.05) is 0 Å². The van der Waals surface area contributed by atoms with Crippen molar-refractivity contribution in [3.63, 3.8) is 0 Å². The quantitative estimate of drug-likeness (QED) is 0.890. The summed E-state index contributed by atoms with van der Waals surface area (Å²) < 4.78 is 13.8. The molecule has 0 aromatic heterocycles. The summed E-state index contributed by atoms with van der Waals surface area (Å²) in [6, 6.07) is 11.5. The summed E-state index contributed by atoms with van der Waals surface area (Å²) in [5.41, 5.74) is 2.73. The Balaban J connectivity index is 1.87. The van der Waals surface area contributed by atoms with Gasteiger partial charge in [-0.05, 0) is 30.2 Å². The minimum absolute atomic E-state index is 0.00609. The van der Waals surface area contributed by atoms with Crippen LogP contribution in [0.2, 0.25) is 0 Å². The predicted molar refractivity (Wildman–Crippen MR) is 77.5 cm³/mol. The van der Waals surface area contributed by atoms with Gasteiger partial charge in [-0.2, -0.15) is 0 Å². The molecule has 0 spiro atoms. The van der Waals surface area contributed by atoms with E-state index in [9.17, 15) is 14.3 Å². The number of carbonyl (C=O) groups is 1. The van der Waals surface area contributed by atoms with Crippen LogP contribution in [0.4, 0.5) is 4.39 Å². The summed E-state index contributed by atoms with van der Waals surface area (Å²) >= 11 is 0. The monoisotopic (exact) mass is 285 g/mol. The average molecular weight is 285 g/mol. The van der Waals surface area contributed by atoms with Gasteiger partial charge in [-0.3, -0.25) is 4.79 Å². The second kappa shape index (κ2) is 5.30. The molecule has 2 aromatic rings. The molecule has 0 saturated carbocycles. The molecule has 2 unspecified atom stereocenters. The van der Waals surface area contributed by atoms with Crippen LogP contribution in [0.5, 0.6) is 0 Å². The lowest BCUT2D eigenvalue weighted by atomic mass is 10.1. The van der Waals surface area contributed by atoms with Gasteiger partial charge in [0.05, 0.1) is 17.7 Å². The number of fused-ring (bicyclic) bond motifs is 1. The van der Waals surface area contributed by atoms with E-state index in [1.807, 2.05) is 24.3 Å². The second-order valence-corrected chi connectivity index (χ2v) is 5.40. The van der Waals surface area contributed by atoms with E-state index < -0.39 is 23.9 Å². The Morgan fingerprint density at radius 2 is 2.05 bits per heavy atom. The van der Waals surface area contributed by atoms with E-state index in [0.29, 0.717) is 6.42 Å². The highest BCUT2D eigenvalue weighted by Crippen LogP contribution is 2.31. The maximum Gasteiger partial charge on any atom is 0.254 e. The lowest BCUT2D eigenvalue weighted by molar-refractivity contribution is 0.0854. The summed E-state index contributed by atoms with van der Waals surface area (Å²) in [5, 5.41) is 12.9. The third-order valence-corrected chi connectivity index (χ3v) is 3.86. The van der Waals surface area contributed by atoms with Gasteiger partial charge in [0.15, 0.2) is 0 Å². The van der Waals surface area contributed by atoms with E-state index >= 15 is 0 Å². The summed E-state index contributed by atoms with van der Waals surface area (Å²) in [4.78, 5) is 12.3. The van der Waals surface area contributed by atoms with Crippen LogP contribution in [-0.4, -0.2) is 17.1 Å². The molecule has 3 nitrogen and oxygen atoms in total. The molecular weight excluding hydrogens is 269 g/mol. The Kier molecular flexibility index (Phi) is 3.47. The van der Waals surface area contributed by atoms with Gasteiger partial charge in [-0.1, -0.05) is 35.9 Å².